The molecule has 6 heteroatoms. The van der Waals surface area contributed by atoms with Gasteiger partial charge in [0.1, 0.15) is 0 Å². The van der Waals surface area contributed by atoms with Crippen molar-refractivity contribution in [2.45, 2.75) is 36.2 Å². The highest BCUT2D eigenvalue weighted by Crippen LogP contribution is 2.29. The molecule has 2 aliphatic heterocycles. The summed E-state index contributed by atoms with van der Waals surface area (Å²) in [7, 11) is -1.60. The number of hydrogen-bond donors (Lipinski definition) is 2. The van der Waals surface area contributed by atoms with Gasteiger partial charge in [-0.3, -0.25) is 4.90 Å². The number of hydrogen-bond acceptors (Lipinski definition) is 4. The number of sulfonamides is 1. The lowest BCUT2D eigenvalue weighted by molar-refractivity contribution is 0.309. The quantitative estimate of drug-likeness (QED) is 0.877. The van der Waals surface area contributed by atoms with Crippen LogP contribution in [0.3, 0.4) is 0 Å². The van der Waals surface area contributed by atoms with Crippen molar-refractivity contribution in [1.29, 1.82) is 0 Å². The number of nitrogens with zero attached hydrogens (tertiary/aromatic N) is 1. The Morgan fingerprint density at radius 2 is 1.90 bits per heavy atom. The van der Waals surface area contributed by atoms with Crippen molar-refractivity contribution < 1.29 is 8.42 Å². The molecular formula is C14H21N3O2S. The molecule has 2 N–H and O–H groups in total. The summed E-state index contributed by atoms with van der Waals surface area (Å²) in [6.07, 6.45) is 3.20. The second kappa shape index (κ2) is 5.35. The normalized spacial score (nSPS) is 26.6. The third kappa shape index (κ3) is 2.55. The third-order valence-electron chi connectivity index (χ3n) is 4.37. The van der Waals surface area contributed by atoms with E-state index in [1.54, 1.807) is 24.3 Å². The molecule has 0 aromatic heterocycles. The molecule has 2 saturated heterocycles. The predicted molar refractivity (Wildman–Crippen MR) is 79.3 cm³/mol. The maximum Gasteiger partial charge on any atom is 0.240 e. The predicted octanol–water partition coefficient (Wildman–Crippen LogP) is 1.24. The zero-order valence-corrected chi connectivity index (χ0v) is 12.5. The first-order valence-electron chi connectivity index (χ1n) is 7.14. The van der Waals surface area contributed by atoms with Crippen molar-refractivity contribution in [2.75, 3.05) is 25.5 Å². The molecule has 0 radical (unpaired) electrons. The van der Waals surface area contributed by atoms with Crippen LogP contribution in [-0.4, -0.2) is 45.5 Å². The molecule has 0 saturated carbocycles. The second-order valence-corrected chi connectivity index (χ2v) is 7.25. The Bertz CT molecular complexity index is 571. The Morgan fingerprint density at radius 3 is 2.60 bits per heavy atom. The molecule has 20 heavy (non-hydrogen) atoms. The smallest absolute Gasteiger partial charge is 0.240 e. The standard InChI is InChI=1S/C14H21N3O2S/c1-15-11-4-6-12(7-5-11)20(18,19)16-13-8-10-17-9-2-3-14(13)17/h4-7,13-16H,2-3,8-10H2,1H3. The molecular weight excluding hydrogens is 274 g/mol. The fraction of sp³-hybridized carbons (Fsp3) is 0.571. The fourth-order valence-electron chi connectivity index (χ4n) is 3.29. The van der Waals surface area contributed by atoms with Crippen LogP contribution >= 0.6 is 0 Å². The number of rotatable bonds is 4. The maximum absolute atomic E-state index is 12.4. The second-order valence-electron chi connectivity index (χ2n) is 5.54. The zero-order chi connectivity index (χ0) is 14.2. The Balaban J connectivity index is 1.74. The van der Waals surface area contributed by atoms with Gasteiger partial charge in [-0.15, -0.1) is 0 Å². The van der Waals surface area contributed by atoms with Crippen molar-refractivity contribution in [1.82, 2.24) is 9.62 Å². The molecule has 2 aliphatic rings. The van der Waals surface area contributed by atoms with Crippen LogP contribution in [0.15, 0.2) is 29.2 Å². The van der Waals surface area contributed by atoms with Gasteiger partial charge in [0, 0.05) is 31.4 Å². The van der Waals surface area contributed by atoms with E-state index in [4.69, 9.17) is 0 Å². The summed E-state index contributed by atoms with van der Waals surface area (Å²) in [5, 5.41) is 2.99. The minimum atomic E-state index is -3.41. The van der Waals surface area contributed by atoms with Gasteiger partial charge in [0.25, 0.3) is 0 Å². The van der Waals surface area contributed by atoms with Gasteiger partial charge in [0.15, 0.2) is 0 Å². The molecule has 0 spiro atoms. The van der Waals surface area contributed by atoms with Gasteiger partial charge in [-0.25, -0.2) is 13.1 Å². The van der Waals surface area contributed by atoms with Crippen LogP contribution in [-0.2, 0) is 10.0 Å². The first-order valence-corrected chi connectivity index (χ1v) is 8.63. The number of anilines is 1. The maximum atomic E-state index is 12.4. The molecule has 1 aromatic carbocycles. The summed E-state index contributed by atoms with van der Waals surface area (Å²) in [4.78, 5) is 2.74. The minimum Gasteiger partial charge on any atom is -0.388 e. The number of benzene rings is 1. The van der Waals surface area contributed by atoms with Crippen molar-refractivity contribution in [3.8, 4) is 0 Å². The summed E-state index contributed by atoms with van der Waals surface area (Å²) in [5.74, 6) is 0. The van der Waals surface area contributed by atoms with Gasteiger partial charge in [0.2, 0.25) is 10.0 Å². The lowest BCUT2D eigenvalue weighted by Gasteiger charge is -2.21. The van der Waals surface area contributed by atoms with E-state index in [2.05, 4.69) is 14.9 Å². The van der Waals surface area contributed by atoms with Crippen LogP contribution in [0.1, 0.15) is 19.3 Å². The van der Waals surface area contributed by atoms with E-state index in [1.807, 2.05) is 7.05 Å². The highest BCUT2D eigenvalue weighted by atomic mass is 32.2. The highest BCUT2D eigenvalue weighted by Gasteiger charge is 2.39. The van der Waals surface area contributed by atoms with Gasteiger partial charge in [-0.05, 0) is 50.1 Å². The van der Waals surface area contributed by atoms with Crippen molar-refractivity contribution in [2.24, 2.45) is 0 Å². The van der Waals surface area contributed by atoms with E-state index in [0.29, 0.717) is 10.9 Å². The average molecular weight is 295 g/mol. The average Bonchev–Trinajstić information content (AvgIpc) is 3.04. The van der Waals surface area contributed by atoms with E-state index in [1.165, 1.54) is 6.42 Å². The minimum absolute atomic E-state index is 0.0616. The summed E-state index contributed by atoms with van der Waals surface area (Å²) in [6, 6.07) is 7.31. The topological polar surface area (TPSA) is 61.4 Å². The first kappa shape index (κ1) is 13.9. The molecule has 2 unspecified atom stereocenters. The molecule has 110 valence electrons. The molecule has 0 amide bonds. The Morgan fingerprint density at radius 1 is 1.15 bits per heavy atom. The first-order chi connectivity index (χ1) is 9.60. The van der Waals surface area contributed by atoms with E-state index in [-0.39, 0.29) is 6.04 Å². The van der Waals surface area contributed by atoms with Crippen molar-refractivity contribution >= 4 is 15.7 Å². The summed E-state index contributed by atoms with van der Waals surface area (Å²) < 4.78 is 27.7. The third-order valence-corrected chi connectivity index (χ3v) is 5.87. The van der Waals surface area contributed by atoms with E-state index in [9.17, 15) is 8.42 Å². The van der Waals surface area contributed by atoms with Crippen LogP contribution in [0.5, 0.6) is 0 Å². The highest BCUT2D eigenvalue weighted by molar-refractivity contribution is 7.89. The van der Waals surface area contributed by atoms with Crippen molar-refractivity contribution in [3.05, 3.63) is 24.3 Å². The Hall–Kier alpha value is -1.11. The van der Waals surface area contributed by atoms with Crippen LogP contribution in [0, 0.1) is 0 Å². The molecule has 5 nitrogen and oxygen atoms in total. The molecule has 1 aromatic rings. The largest absolute Gasteiger partial charge is 0.388 e. The van der Waals surface area contributed by atoms with Crippen LogP contribution in [0.4, 0.5) is 5.69 Å². The lowest BCUT2D eigenvalue weighted by Crippen LogP contribution is -2.42. The SMILES string of the molecule is CNc1ccc(S(=O)(=O)NC2CCN3CCCC23)cc1. The fourth-order valence-corrected chi connectivity index (χ4v) is 4.59. The molecule has 2 heterocycles. The van der Waals surface area contributed by atoms with Gasteiger partial charge in [-0.1, -0.05) is 0 Å². The number of fused-ring (bicyclic) bond motifs is 1. The molecule has 0 bridgehead atoms. The molecule has 3 rings (SSSR count). The summed E-state index contributed by atoms with van der Waals surface area (Å²) >= 11 is 0. The molecule has 2 atom stereocenters. The number of nitrogens with one attached hydrogen (secondary N) is 2. The van der Waals surface area contributed by atoms with E-state index in [0.717, 1.165) is 31.6 Å². The van der Waals surface area contributed by atoms with Crippen LogP contribution < -0.4 is 10.0 Å². The van der Waals surface area contributed by atoms with E-state index >= 15 is 0 Å². The van der Waals surface area contributed by atoms with Crippen LogP contribution in [0.2, 0.25) is 0 Å². The van der Waals surface area contributed by atoms with Crippen molar-refractivity contribution in [3.63, 3.8) is 0 Å². The molecule has 2 fully saturated rings. The van der Waals surface area contributed by atoms with Crippen LogP contribution in [0.25, 0.3) is 0 Å². The van der Waals surface area contributed by atoms with Gasteiger partial charge in [0.05, 0.1) is 4.90 Å². The van der Waals surface area contributed by atoms with E-state index < -0.39 is 10.0 Å². The monoisotopic (exact) mass is 295 g/mol. The molecule has 0 aliphatic carbocycles. The summed E-state index contributed by atoms with van der Waals surface area (Å²) in [5.41, 5.74) is 0.909. The zero-order valence-electron chi connectivity index (χ0n) is 11.7. The Kier molecular flexibility index (Phi) is 3.70. The Labute approximate surface area is 120 Å². The van der Waals surface area contributed by atoms with Gasteiger partial charge in [-0.2, -0.15) is 0 Å². The lowest BCUT2D eigenvalue weighted by atomic mass is 10.1. The summed E-state index contributed by atoms with van der Waals surface area (Å²) in [6.45, 7) is 2.12. The van der Waals surface area contributed by atoms with Gasteiger partial charge >= 0.3 is 0 Å². The van der Waals surface area contributed by atoms with Gasteiger partial charge < -0.3 is 5.32 Å².